The number of carbonyl (C=O) groups is 2. The van der Waals surface area contributed by atoms with Gasteiger partial charge in [0.1, 0.15) is 12.2 Å². The summed E-state index contributed by atoms with van der Waals surface area (Å²) in [4.78, 5) is 40.8. The van der Waals surface area contributed by atoms with Crippen molar-refractivity contribution in [2.45, 2.75) is 38.3 Å². The number of rotatable bonds is 4. The highest BCUT2D eigenvalue weighted by atomic mass is 16.5. The third-order valence-electron chi connectivity index (χ3n) is 7.37. The number of likely N-dealkylation sites (tertiary alicyclic amines) is 1. The molecule has 2 aromatic rings. The zero-order chi connectivity index (χ0) is 22.9. The van der Waals surface area contributed by atoms with Crippen molar-refractivity contribution < 1.29 is 14.3 Å². The smallest absolute Gasteiger partial charge is 0.249 e. The van der Waals surface area contributed by atoms with E-state index in [1.54, 1.807) is 12.4 Å². The lowest BCUT2D eigenvalue weighted by Crippen LogP contribution is -2.56. The van der Waals surface area contributed by atoms with Gasteiger partial charge in [-0.3, -0.25) is 9.59 Å². The number of piperidine rings is 1. The fourth-order valence-electron chi connectivity index (χ4n) is 5.25. The average Bonchev–Trinajstić information content (AvgIpc) is 3.26. The van der Waals surface area contributed by atoms with E-state index in [-0.39, 0.29) is 18.4 Å². The van der Waals surface area contributed by atoms with Gasteiger partial charge in [-0.1, -0.05) is 37.3 Å². The van der Waals surface area contributed by atoms with E-state index in [9.17, 15) is 9.59 Å². The molecule has 0 saturated carbocycles. The summed E-state index contributed by atoms with van der Waals surface area (Å²) in [6.07, 6.45) is 5.80. The van der Waals surface area contributed by atoms with E-state index < -0.39 is 11.0 Å². The SMILES string of the molecule is CC1(C(=O)N2CC[C@@]3(CN(Cc4ccccc4)C(=O)CO3)C2)CCN(c2ncccn2)CC1. The highest BCUT2D eigenvalue weighted by molar-refractivity contribution is 5.83. The molecule has 0 bridgehead atoms. The van der Waals surface area contributed by atoms with Crippen LogP contribution in [-0.4, -0.2) is 76.5 Å². The summed E-state index contributed by atoms with van der Waals surface area (Å²) in [5, 5.41) is 0. The summed E-state index contributed by atoms with van der Waals surface area (Å²) in [5.74, 6) is 0.936. The van der Waals surface area contributed by atoms with Crippen molar-refractivity contribution in [2.24, 2.45) is 5.41 Å². The van der Waals surface area contributed by atoms with Crippen LogP contribution in [-0.2, 0) is 20.9 Å². The van der Waals surface area contributed by atoms with Crippen LogP contribution in [0.5, 0.6) is 0 Å². The zero-order valence-corrected chi connectivity index (χ0v) is 19.2. The fourth-order valence-corrected chi connectivity index (χ4v) is 5.25. The Labute approximate surface area is 194 Å². The molecule has 0 radical (unpaired) electrons. The van der Waals surface area contributed by atoms with E-state index in [4.69, 9.17) is 4.74 Å². The van der Waals surface area contributed by atoms with Crippen LogP contribution in [0.1, 0.15) is 31.7 Å². The molecule has 174 valence electrons. The number of hydrogen-bond acceptors (Lipinski definition) is 6. The number of morpholine rings is 1. The molecule has 1 aromatic heterocycles. The summed E-state index contributed by atoms with van der Waals surface area (Å²) in [5.41, 5.74) is 0.244. The second-order valence-electron chi connectivity index (χ2n) is 9.78. The predicted octanol–water partition coefficient (Wildman–Crippen LogP) is 2.11. The number of carbonyl (C=O) groups excluding carboxylic acids is 2. The molecule has 1 spiro atoms. The Morgan fingerprint density at radius 1 is 1.00 bits per heavy atom. The van der Waals surface area contributed by atoms with Gasteiger partial charge in [-0.2, -0.15) is 0 Å². The Balaban J connectivity index is 1.21. The maximum atomic E-state index is 13.6. The quantitative estimate of drug-likeness (QED) is 0.712. The topological polar surface area (TPSA) is 78.9 Å². The first-order chi connectivity index (χ1) is 16.0. The first-order valence-corrected chi connectivity index (χ1v) is 11.7. The third kappa shape index (κ3) is 4.44. The van der Waals surface area contributed by atoms with Crippen molar-refractivity contribution in [3.8, 4) is 0 Å². The van der Waals surface area contributed by atoms with Gasteiger partial charge in [0, 0.05) is 44.0 Å². The molecule has 0 N–H and O–H groups in total. The molecular formula is C25H31N5O3. The number of nitrogens with zero attached hydrogens (tertiary/aromatic N) is 5. The number of benzene rings is 1. The Bertz CT molecular complexity index is 994. The Kier molecular flexibility index (Phi) is 5.78. The number of anilines is 1. The minimum absolute atomic E-state index is 0.0109. The van der Waals surface area contributed by atoms with Gasteiger partial charge in [-0.15, -0.1) is 0 Å². The third-order valence-corrected chi connectivity index (χ3v) is 7.37. The molecule has 8 heteroatoms. The van der Waals surface area contributed by atoms with Crippen LogP contribution in [0.2, 0.25) is 0 Å². The highest BCUT2D eigenvalue weighted by Crippen LogP contribution is 2.38. The van der Waals surface area contributed by atoms with Crippen LogP contribution in [0, 0.1) is 5.41 Å². The van der Waals surface area contributed by atoms with E-state index in [2.05, 4.69) is 21.8 Å². The van der Waals surface area contributed by atoms with E-state index in [0.29, 0.717) is 26.2 Å². The van der Waals surface area contributed by atoms with Gasteiger partial charge in [0.05, 0.1) is 13.1 Å². The first-order valence-electron chi connectivity index (χ1n) is 11.7. The van der Waals surface area contributed by atoms with Crippen LogP contribution in [0.15, 0.2) is 48.8 Å². The van der Waals surface area contributed by atoms with Crippen molar-refractivity contribution >= 4 is 17.8 Å². The van der Waals surface area contributed by atoms with Crippen LogP contribution < -0.4 is 4.90 Å². The van der Waals surface area contributed by atoms with Crippen LogP contribution >= 0.6 is 0 Å². The highest BCUT2D eigenvalue weighted by Gasteiger charge is 2.49. The van der Waals surface area contributed by atoms with Crippen molar-refractivity contribution in [3.63, 3.8) is 0 Å². The van der Waals surface area contributed by atoms with Gasteiger partial charge in [-0.25, -0.2) is 9.97 Å². The Morgan fingerprint density at radius 3 is 2.45 bits per heavy atom. The summed E-state index contributed by atoms with van der Waals surface area (Å²) in [7, 11) is 0. The summed E-state index contributed by atoms with van der Waals surface area (Å²) < 4.78 is 6.07. The van der Waals surface area contributed by atoms with Crippen LogP contribution in [0.3, 0.4) is 0 Å². The normalized spacial score (nSPS) is 25.0. The molecule has 3 saturated heterocycles. The minimum atomic E-state index is -0.465. The summed E-state index contributed by atoms with van der Waals surface area (Å²) >= 11 is 0. The van der Waals surface area contributed by atoms with Crippen molar-refractivity contribution in [3.05, 3.63) is 54.4 Å². The average molecular weight is 450 g/mol. The van der Waals surface area contributed by atoms with Gasteiger partial charge in [-0.05, 0) is 30.9 Å². The van der Waals surface area contributed by atoms with Gasteiger partial charge in [0.15, 0.2) is 0 Å². The molecule has 5 rings (SSSR count). The zero-order valence-electron chi connectivity index (χ0n) is 19.2. The minimum Gasteiger partial charge on any atom is -0.361 e. The number of aromatic nitrogens is 2. The molecule has 1 aromatic carbocycles. The lowest BCUT2D eigenvalue weighted by Gasteiger charge is -2.42. The lowest BCUT2D eigenvalue weighted by atomic mass is 9.79. The monoisotopic (exact) mass is 449 g/mol. The second-order valence-corrected chi connectivity index (χ2v) is 9.78. The summed E-state index contributed by atoms with van der Waals surface area (Å²) in [6, 6.07) is 11.8. The van der Waals surface area contributed by atoms with Gasteiger partial charge in [0.25, 0.3) is 0 Å². The van der Waals surface area contributed by atoms with Crippen molar-refractivity contribution in [1.82, 2.24) is 19.8 Å². The molecule has 4 heterocycles. The van der Waals surface area contributed by atoms with Gasteiger partial charge in [0.2, 0.25) is 17.8 Å². The molecule has 3 fully saturated rings. The molecule has 0 unspecified atom stereocenters. The van der Waals surface area contributed by atoms with E-state index in [0.717, 1.165) is 43.9 Å². The number of ether oxygens (including phenoxy) is 1. The molecule has 33 heavy (non-hydrogen) atoms. The largest absolute Gasteiger partial charge is 0.361 e. The lowest BCUT2D eigenvalue weighted by molar-refractivity contribution is -0.164. The molecular weight excluding hydrogens is 418 g/mol. The maximum absolute atomic E-state index is 13.6. The van der Waals surface area contributed by atoms with Crippen LogP contribution in [0.25, 0.3) is 0 Å². The number of amides is 2. The van der Waals surface area contributed by atoms with E-state index >= 15 is 0 Å². The molecule has 2 amide bonds. The second kappa shape index (κ2) is 8.74. The first kappa shape index (κ1) is 21.8. The predicted molar refractivity (Wildman–Crippen MR) is 123 cm³/mol. The van der Waals surface area contributed by atoms with Gasteiger partial charge >= 0.3 is 0 Å². The molecule has 0 aliphatic carbocycles. The van der Waals surface area contributed by atoms with E-state index in [1.807, 2.05) is 46.2 Å². The van der Waals surface area contributed by atoms with Crippen molar-refractivity contribution in [1.29, 1.82) is 0 Å². The molecule has 3 aliphatic heterocycles. The van der Waals surface area contributed by atoms with Gasteiger partial charge < -0.3 is 19.4 Å². The fraction of sp³-hybridized carbons (Fsp3) is 0.520. The molecule has 8 nitrogen and oxygen atoms in total. The Morgan fingerprint density at radius 2 is 1.73 bits per heavy atom. The molecule has 3 aliphatic rings. The number of hydrogen-bond donors (Lipinski definition) is 0. The molecule has 1 atom stereocenters. The summed E-state index contributed by atoms with van der Waals surface area (Å²) in [6.45, 7) is 6.02. The Hall–Kier alpha value is -3.00. The van der Waals surface area contributed by atoms with Crippen molar-refractivity contribution in [2.75, 3.05) is 44.2 Å². The maximum Gasteiger partial charge on any atom is 0.249 e. The van der Waals surface area contributed by atoms with E-state index in [1.165, 1.54) is 0 Å². The standard InChI is InChI=1S/C25H31N5O3/c1-24(8-13-28(14-9-24)23-26-11-5-12-27-23)22(32)29-15-10-25(18-29)19-30(21(31)17-33-25)16-20-6-3-2-4-7-20/h2-7,11-12H,8-10,13-19H2,1H3/t25-/m0/s1. The van der Waals surface area contributed by atoms with Crippen LogP contribution in [0.4, 0.5) is 5.95 Å².